The number of aliphatic carboxylic acids is 1. The van der Waals surface area contributed by atoms with Crippen LogP contribution in [-0.4, -0.2) is 46.6 Å². The maximum absolute atomic E-state index is 12.4. The zero-order valence-corrected chi connectivity index (χ0v) is 17.8. The van der Waals surface area contributed by atoms with Crippen molar-refractivity contribution in [3.05, 3.63) is 59.7 Å². The topological polar surface area (TPSA) is 150 Å². The molecule has 1 atom stereocenters. The molecule has 9 heteroatoms. The number of carbonyl (C=O) groups is 4. The number of anilines is 2. The van der Waals surface area contributed by atoms with Gasteiger partial charge in [0.05, 0.1) is 17.3 Å². The van der Waals surface area contributed by atoms with Gasteiger partial charge in [-0.15, -0.1) is 0 Å². The van der Waals surface area contributed by atoms with Crippen molar-refractivity contribution in [2.75, 3.05) is 11.4 Å². The van der Waals surface area contributed by atoms with E-state index in [2.05, 4.69) is 12.2 Å². The van der Waals surface area contributed by atoms with E-state index in [9.17, 15) is 29.4 Å². The SMILES string of the molecule is CCCCCNC(=O)[C@@H](N)Cc1ccc(N(C(=O)C(=O)O)c2ccccc2C(=O)O)cc1. The predicted molar refractivity (Wildman–Crippen MR) is 119 cm³/mol. The summed E-state index contributed by atoms with van der Waals surface area (Å²) in [5.74, 6) is -4.58. The molecule has 0 bridgehead atoms. The molecular weight excluding hydrogens is 414 g/mol. The lowest BCUT2D eigenvalue weighted by Gasteiger charge is -2.23. The number of unbranched alkanes of at least 4 members (excludes halogenated alkanes) is 2. The first-order chi connectivity index (χ1) is 15.3. The number of benzene rings is 2. The Balaban J connectivity index is 2.22. The van der Waals surface area contributed by atoms with Crippen molar-refractivity contribution in [2.45, 2.75) is 38.6 Å². The lowest BCUT2D eigenvalue weighted by Crippen LogP contribution is -2.42. The number of para-hydroxylation sites is 1. The third-order valence-electron chi connectivity index (χ3n) is 4.83. The largest absolute Gasteiger partial charge is 0.478 e. The smallest absolute Gasteiger partial charge is 0.395 e. The highest BCUT2D eigenvalue weighted by Gasteiger charge is 2.28. The molecular formula is C23H27N3O6. The summed E-state index contributed by atoms with van der Waals surface area (Å²) >= 11 is 0. The number of nitrogens with one attached hydrogen (secondary N) is 1. The van der Waals surface area contributed by atoms with Crippen LogP contribution in [-0.2, 0) is 20.8 Å². The number of nitrogens with zero attached hydrogens (tertiary/aromatic N) is 1. The maximum atomic E-state index is 12.4. The molecule has 0 saturated carbocycles. The van der Waals surface area contributed by atoms with Crippen molar-refractivity contribution >= 4 is 35.1 Å². The molecule has 0 aromatic heterocycles. The third kappa shape index (κ3) is 6.39. The van der Waals surface area contributed by atoms with Crippen LogP contribution in [0.3, 0.4) is 0 Å². The van der Waals surface area contributed by atoms with Crippen molar-refractivity contribution in [3.63, 3.8) is 0 Å². The Kier molecular flexibility index (Phi) is 8.91. The second-order valence-electron chi connectivity index (χ2n) is 7.24. The van der Waals surface area contributed by atoms with Gasteiger partial charge < -0.3 is 21.3 Å². The summed E-state index contributed by atoms with van der Waals surface area (Å²) < 4.78 is 0. The lowest BCUT2D eigenvalue weighted by molar-refractivity contribution is -0.148. The predicted octanol–water partition coefficient (Wildman–Crippen LogP) is 2.31. The molecule has 5 N–H and O–H groups in total. The van der Waals surface area contributed by atoms with Gasteiger partial charge in [-0.05, 0) is 42.7 Å². The Morgan fingerprint density at radius 2 is 1.66 bits per heavy atom. The molecule has 2 rings (SSSR count). The number of nitrogens with two attached hydrogens (primary N) is 1. The summed E-state index contributed by atoms with van der Waals surface area (Å²) in [7, 11) is 0. The number of carboxylic acids is 2. The fraction of sp³-hybridized carbons (Fsp3) is 0.304. The first-order valence-corrected chi connectivity index (χ1v) is 10.3. The Bertz CT molecular complexity index is 974. The molecule has 2 amide bonds. The second kappa shape index (κ2) is 11.6. The molecule has 0 heterocycles. The van der Waals surface area contributed by atoms with E-state index in [4.69, 9.17) is 5.73 Å². The van der Waals surface area contributed by atoms with Crippen molar-refractivity contribution in [1.82, 2.24) is 5.32 Å². The number of aromatic carboxylic acids is 1. The first kappa shape index (κ1) is 24.5. The molecule has 0 spiro atoms. The van der Waals surface area contributed by atoms with E-state index in [0.29, 0.717) is 12.1 Å². The molecule has 0 aliphatic rings. The molecule has 9 nitrogen and oxygen atoms in total. The van der Waals surface area contributed by atoms with Gasteiger partial charge in [0, 0.05) is 12.2 Å². The van der Waals surface area contributed by atoms with Crippen molar-refractivity contribution in [2.24, 2.45) is 5.73 Å². The summed E-state index contributed by atoms with van der Waals surface area (Å²) in [6.45, 7) is 2.64. The molecule has 0 aliphatic heterocycles. The lowest BCUT2D eigenvalue weighted by atomic mass is 10.0. The molecule has 0 saturated heterocycles. The zero-order chi connectivity index (χ0) is 23.7. The fourth-order valence-corrected chi connectivity index (χ4v) is 3.16. The number of hydrogen-bond acceptors (Lipinski definition) is 5. The molecule has 170 valence electrons. The molecule has 0 radical (unpaired) electrons. The number of carbonyl (C=O) groups excluding carboxylic acids is 2. The van der Waals surface area contributed by atoms with Gasteiger partial charge in [0.15, 0.2) is 0 Å². The van der Waals surface area contributed by atoms with Gasteiger partial charge in [0.25, 0.3) is 0 Å². The van der Waals surface area contributed by atoms with E-state index in [1.165, 1.54) is 36.4 Å². The van der Waals surface area contributed by atoms with Crippen LogP contribution in [0.4, 0.5) is 11.4 Å². The van der Waals surface area contributed by atoms with E-state index >= 15 is 0 Å². The minimum Gasteiger partial charge on any atom is -0.478 e. The van der Waals surface area contributed by atoms with Crippen LogP contribution in [0.1, 0.15) is 42.1 Å². The number of rotatable bonds is 10. The van der Waals surface area contributed by atoms with Gasteiger partial charge in [-0.25, -0.2) is 9.59 Å². The average molecular weight is 441 g/mol. The van der Waals surface area contributed by atoms with Crippen LogP contribution in [0.25, 0.3) is 0 Å². The summed E-state index contributed by atoms with van der Waals surface area (Å²) in [6, 6.07) is 11.1. The highest BCUT2D eigenvalue weighted by molar-refractivity contribution is 6.39. The van der Waals surface area contributed by atoms with Crippen LogP contribution in [0.2, 0.25) is 0 Å². The van der Waals surface area contributed by atoms with Crippen LogP contribution < -0.4 is 16.0 Å². The number of amides is 2. The van der Waals surface area contributed by atoms with Crippen LogP contribution >= 0.6 is 0 Å². The minimum absolute atomic E-state index is 0.0664. The quantitative estimate of drug-likeness (QED) is 0.326. The van der Waals surface area contributed by atoms with E-state index in [0.717, 1.165) is 24.2 Å². The van der Waals surface area contributed by atoms with Crippen LogP contribution in [0.15, 0.2) is 48.5 Å². The third-order valence-corrected chi connectivity index (χ3v) is 4.83. The molecule has 2 aromatic rings. The molecule has 0 fully saturated rings. The Labute approximate surface area is 185 Å². The van der Waals surface area contributed by atoms with Crippen molar-refractivity contribution < 1.29 is 29.4 Å². The van der Waals surface area contributed by atoms with Crippen molar-refractivity contribution in [3.8, 4) is 0 Å². The fourth-order valence-electron chi connectivity index (χ4n) is 3.16. The van der Waals surface area contributed by atoms with Gasteiger partial charge in [0.1, 0.15) is 0 Å². The molecule has 0 unspecified atom stereocenters. The summed E-state index contributed by atoms with van der Waals surface area (Å²) in [5.41, 5.74) is 6.57. The molecule has 2 aromatic carbocycles. The Morgan fingerprint density at radius 1 is 1.00 bits per heavy atom. The zero-order valence-electron chi connectivity index (χ0n) is 17.8. The van der Waals surface area contributed by atoms with E-state index in [1.54, 1.807) is 12.1 Å². The van der Waals surface area contributed by atoms with Gasteiger partial charge in [-0.3, -0.25) is 14.5 Å². The van der Waals surface area contributed by atoms with E-state index < -0.39 is 23.9 Å². The van der Waals surface area contributed by atoms with E-state index in [-0.39, 0.29) is 29.3 Å². The Hall–Kier alpha value is -3.72. The monoisotopic (exact) mass is 441 g/mol. The molecule has 0 aliphatic carbocycles. The van der Waals surface area contributed by atoms with E-state index in [1.807, 2.05) is 0 Å². The van der Waals surface area contributed by atoms with Gasteiger partial charge in [-0.1, -0.05) is 44.0 Å². The van der Waals surface area contributed by atoms with Crippen molar-refractivity contribution in [1.29, 1.82) is 0 Å². The van der Waals surface area contributed by atoms with Gasteiger partial charge in [-0.2, -0.15) is 0 Å². The van der Waals surface area contributed by atoms with Crippen LogP contribution in [0.5, 0.6) is 0 Å². The Morgan fingerprint density at radius 3 is 2.25 bits per heavy atom. The van der Waals surface area contributed by atoms with Gasteiger partial charge in [0.2, 0.25) is 5.91 Å². The standard InChI is InChI=1S/C23H27N3O6/c1-2-3-6-13-25-20(27)18(24)14-15-9-11-16(12-10-15)26(21(28)23(31)32)19-8-5-4-7-17(19)22(29)30/h4-5,7-12,18H,2-3,6,13-14,24H2,1H3,(H,25,27)(H,29,30)(H,31,32)/t18-/m0/s1. The molecule has 32 heavy (non-hydrogen) atoms. The second-order valence-corrected chi connectivity index (χ2v) is 7.24. The summed E-state index contributed by atoms with van der Waals surface area (Å²) in [5, 5.41) is 21.5. The average Bonchev–Trinajstić information content (AvgIpc) is 2.78. The highest BCUT2D eigenvalue weighted by Crippen LogP contribution is 2.29. The minimum atomic E-state index is -1.73. The summed E-state index contributed by atoms with van der Waals surface area (Å²) in [6.07, 6.45) is 3.20. The summed E-state index contributed by atoms with van der Waals surface area (Å²) in [4.78, 5) is 48.3. The first-order valence-electron chi connectivity index (χ1n) is 10.3. The maximum Gasteiger partial charge on any atom is 0.395 e. The van der Waals surface area contributed by atoms with Gasteiger partial charge >= 0.3 is 17.8 Å². The number of carboxylic acid groups (broad SMARTS) is 2. The highest BCUT2D eigenvalue weighted by atomic mass is 16.4. The van der Waals surface area contributed by atoms with Crippen LogP contribution in [0, 0.1) is 0 Å². The number of hydrogen-bond donors (Lipinski definition) is 4. The normalized spacial score (nSPS) is 11.4.